The van der Waals surface area contributed by atoms with E-state index in [1.165, 1.54) is 4.57 Å². The summed E-state index contributed by atoms with van der Waals surface area (Å²) in [6.45, 7) is 4.76. The molecule has 0 saturated carbocycles. The van der Waals surface area contributed by atoms with Gasteiger partial charge in [0.15, 0.2) is 5.82 Å². The van der Waals surface area contributed by atoms with Crippen molar-refractivity contribution in [2.75, 3.05) is 31.1 Å². The van der Waals surface area contributed by atoms with Crippen LogP contribution in [0.2, 0.25) is 0 Å². The summed E-state index contributed by atoms with van der Waals surface area (Å²) in [6, 6.07) is 5.52. The third kappa shape index (κ3) is 3.18. The van der Waals surface area contributed by atoms with Gasteiger partial charge in [-0.2, -0.15) is 5.10 Å². The van der Waals surface area contributed by atoms with Crippen molar-refractivity contribution < 1.29 is 0 Å². The minimum absolute atomic E-state index is 0.00712. The molecule has 0 aliphatic carbocycles. The van der Waals surface area contributed by atoms with E-state index >= 15 is 0 Å². The highest BCUT2D eigenvalue weighted by Crippen LogP contribution is 2.33. The molecule has 28 heavy (non-hydrogen) atoms. The van der Waals surface area contributed by atoms with E-state index in [-0.39, 0.29) is 5.56 Å². The smallest absolute Gasteiger partial charge is 0.253 e. The van der Waals surface area contributed by atoms with Crippen LogP contribution in [0, 0.1) is 11.8 Å². The fourth-order valence-electron chi connectivity index (χ4n) is 4.26. The zero-order chi connectivity index (χ0) is 19.1. The zero-order valence-electron chi connectivity index (χ0n) is 15.7. The lowest BCUT2D eigenvalue weighted by Gasteiger charge is -2.22. The number of aromatic nitrogens is 6. The first-order valence-corrected chi connectivity index (χ1v) is 9.46. The Morgan fingerprint density at radius 2 is 1.82 bits per heavy atom. The van der Waals surface area contributed by atoms with Crippen LogP contribution >= 0.6 is 0 Å². The van der Waals surface area contributed by atoms with Gasteiger partial charge >= 0.3 is 0 Å². The summed E-state index contributed by atoms with van der Waals surface area (Å²) >= 11 is 0. The lowest BCUT2D eigenvalue weighted by molar-refractivity contribution is 0.304. The van der Waals surface area contributed by atoms with Crippen molar-refractivity contribution in [1.29, 1.82) is 0 Å². The van der Waals surface area contributed by atoms with Crippen molar-refractivity contribution >= 4 is 5.82 Å². The Morgan fingerprint density at radius 3 is 2.54 bits per heavy atom. The topological polar surface area (TPSA) is 85.0 Å². The van der Waals surface area contributed by atoms with Crippen LogP contribution in [0.1, 0.15) is 5.69 Å². The van der Waals surface area contributed by atoms with Crippen molar-refractivity contribution in [3.8, 4) is 5.82 Å². The van der Waals surface area contributed by atoms with Crippen molar-refractivity contribution in [3.63, 3.8) is 0 Å². The summed E-state index contributed by atoms with van der Waals surface area (Å²) in [5, 5.41) is 4.24. The third-order valence-electron chi connectivity index (χ3n) is 5.68. The first-order chi connectivity index (χ1) is 13.7. The molecule has 0 N–H and O–H groups in total. The summed E-state index contributed by atoms with van der Waals surface area (Å²) in [7, 11) is 1.72. The molecule has 3 aromatic heterocycles. The predicted molar refractivity (Wildman–Crippen MR) is 103 cm³/mol. The van der Waals surface area contributed by atoms with Gasteiger partial charge in [-0.15, -0.1) is 0 Å². The van der Waals surface area contributed by atoms with Gasteiger partial charge in [0.2, 0.25) is 0 Å². The summed E-state index contributed by atoms with van der Waals surface area (Å²) in [4.78, 5) is 29.7. The number of anilines is 1. The molecule has 2 aliphatic heterocycles. The van der Waals surface area contributed by atoms with Crippen LogP contribution in [-0.4, -0.2) is 60.4 Å². The maximum absolute atomic E-state index is 11.8. The normalized spacial score (nSPS) is 22.0. The monoisotopic (exact) mass is 378 g/mol. The quantitative estimate of drug-likeness (QED) is 0.646. The van der Waals surface area contributed by atoms with Gasteiger partial charge in [-0.05, 0) is 17.9 Å². The van der Waals surface area contributed by atoms with E-state index in [2.05, 4.69) is 29.9 Å². The molecule has 2 unspecified atom stereocenters. The van der Waals surface area contributed by atoms with Crippen molar-refractivity contribution in [2.24, 2.45) is 18.9 Å². The number of hydrogen-bond donors (Lipinski definition) is 0. The van der Waals surface area contributed by atoms with Gasteiger partial charge in [-0.25, -0.2) is 19.6 Å². The second-order valence-corrected chi connectivity index (χ2v) is 7.63. The van der Waals surface area contributed by atoms with Gasteiger partial charge in [0, 0.05) is 64.3 Å². The maximum Gasteiger partial charge on any atom is 0.253 e. The van der Waals surface area contributed by atoms with Gasteiger partial charge in [0.1, 0.15) is 12.1 Å². The summed E-state index contributed by atoms with van der Waals surface area (Å²) in [5.74, 6) is 2.95. The molecular formula is C19H22N8O. The van der Waals surface area contributed by atoms with Gasteiger partial charge in [-0.1, -0.05) is 0 Å². The second-order valence-electron chi connectivity index (χ2n) is 7.63. The maximum atomic E-state index is 11.8. The third-order valence-corrected chi connectivity index (χ3v) is 5.68. The molecule has 9 heteroatoms. The lowest BCUT2D eigenvalue weighted by atomic mass is 10.0. The average molecular weight is 378 g/mol. The predicted octanol–water partition coefficient (Wildman–Crippen LogP) is 0.324. The fourth-order valence-corrected chi connectivity index (χ4v) is 4.26. The van der Waals surface area contributed by atoms with Gasteiger partial charge in [0.05, 0.1) is 12.0 Å². The van der Waals surface area contributed by atoms with Gasteiger partial charge < -0.3 is 9.47 Å². The Hall–Kier alpha value is -3.07. The van der Waals surface area contributed by atoms with Crippen molar-refractivity contribution in [1.82, 2.24) is 34.2 Å². The Labute approximate surface area is 162 Å². The molecule has 0 aromatic carbocycles. The number of fused-ring (bicyclic) bond motifs is 1. The Balaban J connectivity index is 1.24. The van der Waals surface area contributed by atoms with Crippen LogP contribution in [0.3, 0.4) is 0 Å². The number of hydrogen-bond acceptors (Lipinski definition) is 7. The van der Waals surface area contributed by atoms with Crippen LogP contribution in [-0.2, 0) is 13.6 Å². The SMILES string of the molecule is Cn1cnc(CN2CC3CN(c4cc(-n5cccn5)ncn4)CC3C2)cc1=O. The Kier molecular flexibility index (Phi) is 4.16. The molecule has 2 saturated heterocycles. The van der Waals surface area contributed by atoms with Crippen LogP contribution < -0.4 is 10.5 Å². The van der Waals surface area contributed by atoms with E-state index in [9.17, 15) is 4.79 Å². The summed E-state index contributed by atoms with van der Waals surface area (Å²) < 4.78 is 3.25. The lowest BCUT2D eigenvalue weighted by Crippen LogP contribution is -2.30. The molecule has 3 aromatic rings. The first kappa shape index (κ1) is 17.1. The number of rotatable bonds is 4. The van der Waals surface area contributed by atoms with Crippen molar-refractivity contribution in [3.05, 3.63) is 59.3 Å². The van der Waals surface area contributed by atoms with Crippen LogP contribution in [0.25, 0.3) is 5.82 Å². The molecule has 2 aliphatic rings. The molecular weight excluding hydrogens is 356 g/mol. The van der Waals surface area contributed by atoms with E-state index < -0.39 is 0 Å². The molecule has 144 valence electrons. The molecule has 9 nitrogen and oxygen atoms in total. The van der Waals surface area contributed by atoms with Crippen LogP contribution in [0.4, 0.5) is 5.82 Å². The summed E-state index contributed by atoms with van der Waals surface area (Å²) in [5.41, 5.74) is 0.840. The molecule has 5 rings (SSSR count). The molecule has 2 atom stereocenters. The fraction of sp³-hybridized carbons (Fsp3) is 0.421. The molecule has 2 fully saturated rings. The average Bonchev–Trinajstić information content (AvgIpc) is 3.41. The largest absolute Gasteiger partial charge is 0.356 e. The first-order valence-electron chi connectivity index (χ1n) is 9.46. The van der Waals surface area contributed by atoms with E-state index in [4.69, 9.17) is 0 Å². The second kappa shape index (κ2) is 6.83. The molecule has 0 spiro atoms. The Morgan fingerprint density at radius 1 is 1.04 bits per heavy atom. The van der Waals surface area contributed by atoms with E-state index in [0.717, 1.165) is 50.1 Å². The number of nitrogens with zero attached hydrogens (tertiary/aromatic N) is 8. The molecule has 5 heterocycles. The number of likely N-dealkylation sites (tertiary alicyclic amines) is 1. The van der Waals surface area contributed by atoms with Crippen molar-refractivity contribution in [2.45, 2.75) is 6.54 Å². The van der Waals surface area contributed by atoms with E-state index in [1.807, 2.05) is 18.3 Å². The van der Waals surface area contributed by atoms with Gasteiger partial charge in [-0.3, -0.25) is 9.69 Å². The highest BCUT2D eigenvalue weighted by molar-refractivity contribution is 5.44. The summed E-state index contributed by atoms with van der Waals surface area (Å²) in [6.07, 6.45) is 6.83. The number of aryl methyl sites for hydroxylation is 1. The van der Waals surface area contributed by atoms with Gasteiger partial charge in [0.25, 0.3) is 5.56 Å². The van der Waals surface area contributed by atoms with Crippen LogP contribution in [0.15, 0.2) is 48.0 Å². The standard InChI is InChI=1S/C19H22N8O/c1-24-13-22-16(5-19(24)28)11-25-7-14-9-26(10-15(14)8-25)17-6-18(21-12-20-17)27-4-2-3-23-27/h2-6,12-15H,7-11H2,1H3. The molecule has 0 bridgehead atoms. The van der Waals surface area contributed by atoms with E-state index in [1.54, 1.807) is 36.6 Å². The minimum atomic E-state index is -0.00712. The molecule has 0 radical (unpaired) electrons. The highest BCUT2D eigenvalue weighted by Gasteiger charge is 2.40. The Bertz CT molecular complexity index is 1020. The zero-order valence-corrected chi connectivity index (χ0v) is 15.7. The van der Waals surface area contributed by atoms with E-state index in [0.29, 0.717) is 11.8 Å². The molecule has 0 amide bonds. The highest BCUT2D eigenvalue weighted by atomic mass is 16.1. The minimum Gasteiger partial charge on any atom is -0.356 e. The van der Waals surface area contributed by atoms with Crippen LogP contribution in [0.5, 0.6) is 0 Å².